The minimum atomic E-state index is 0.873. The van der Waals surface area contributed by atoms with Gasteiger partial charge in [0, 0.05) is 30.8 Å². The SMILES string of the molecule is CCc1cc2cccc(C)c2nc1SCCN1CCOCC1. The first-order valence-electron chi connectivity index (χ1n) is 8.10. The maximum Gasteiger partial charge on any atom is 0.1000 e. The molecule has 0 bridgehead atoms. The number of ether oxygens (including phenoxy) is 1. The van der Waals surface area contributed by atoms with Gasteiger partial charge in [-0.3, -0.25) is 4.90 Å². The number of para-hydroxylation sites is 1. The summed E-state index contributed by atoms with van der Waals surface area (Å²) >= 11 is 1.90. The van der Waals surface area contributed by atoms with Crippen molar-refractivity contribution in [3.05, 3.63) is 35.4 Å². The van der Waals surface area contributed by atoms with Crippen LogP contribution in [0.2, 0.25) is 0 Å². The molecule has 1 saturated heterocycles. The van der Waals surface area contributed by atoms with Gasteiger partial charge in [0.1, 0.15) is 0 Å². The topological polar surface area (TPSA) is 25.4 Å². The molecule has 3 rings (SSSR count). The highest BCUT2D eigenvalue weighted by Gasteiger charge is 2.12. The molecule has 0 saturated carbocycles. The summed E-state index contributed by atoms with van der Waals surface area (Å²) in [5.74, 6) is 1.09. The van der Waals surface area contributed by atoms with E-state index >= 15 is 0 Å². The zero-order valence-electron chi connectivity index (χ0n) is 13.5. The van der Waals surface area contributed by atoms with Gasteiger partial charge in [-0.05, 0) is 30.5 Å². The number of thioether (sulfide) groups is 1. The van der Waals surface area contributed by atoms with Crippen molar-refractivity contribution >= 4 is 22.7 Å². The third kappa shape index (κ3) is 3.62. The molecule has 1 aromatic carbocycles. The van der Waals surface area contributed by atoms with Gasteiger partial charge in [0.15, 0.2) is 0 Å². The zero-order chi connectivity index (χ0) is 15.4. The van der Waals surface area contributed by atoms with Gasteiger partial charge >= 0.3 is 0 Å². The van der Waals surface area contributed by atoms with Gasteiger partial charge in [-0.1, -0.05) is 25.1 Å². The lowest BCUT2D eigenvalue weighted by Crippen LogP contribution is -2.37. The van der Waals surface area contributed by atoms with Crippen LogP contribution in [0.1, 0.15) is 18.1 Å². The van der Waals surface area contributed by atoms with Crippen molar-refractivity contribution in [2.75, 3.05) is 38.6 Å². The van der Waals surface area contributed by atoms with Gasteiger partial charge in [-0.2, -0.15) is 0 Å². The molecule has 2 heterocycles. The molecule has 2 aromatic rings. The van der Waals surface area contributed by atoms with Crippen molar-refractivity contribution < 1.29 is 4.74 Å². The molecule has 118 valence electrons. The summed E-state index contributed by atoms with van der Waals surface area (Å²) in [4.78, 5) is 7.43. The lowest BCUT2D eigenvalue weighted by Gasteiger charge is -2.26. The highest BCUT2D eigenvalue weighted by molar-refractivity contribution is 7.99. The summed E-state index contributed by atoms with van der Waals surface area (Å²) in [7, 11) is 0. The molecule has 0 aliphatic carbocycles. The normalized spacial score (nSPS) is 16.3. The molecule has 4 heteroatoms. The Morgan fingerprint density at radius 3 is 2.86 bits per heavy atom. The Kier molecular flexibility index (Phi) is 5.34. The number of benzene rings is 1. The van der Waals surface area contributed by atoms with E-state index in [1.807, 2.05) is 11.8 Å². The summed E-state index contributed by atoms with van der Waals surface area (Å²) in [5, 5.41) is 2.46. The van der Waals surface area contributed by atoms with Crippen molar-refractivity contribution in [1.82, 2.24) is 9.88 Å². The van der Waals surface area contributed by atoms with Crippen LogP contribution in [-0.2, 0) is 11.2 Å². The van der Waals surface area contributed by atoms with Crippen molar-refractivity contribution in [2.45, 2.75) is 25.3 Å². The van der Waals surface area contributed by atoms with Gasteiger partial charge in [-0.15, -0.1) is 11.8 Å². The Morgan fingerprint density at radius 2 is 2.09 bits per heavy atom. The molecule has 0 atom stereocenters. The predicted octanol–water partition coefficient (Wildman–Crippen LogP) is 3.53. The van der Waals surface area contributed by atoms with Gasteiger partial charge in [0.05, 0.1) is 23.8 Å². The minimum Gasteiger partial charge on any atom is -0.379 e. The Balaban J connectivity index is 1.72. The molecule has 0 N–H and O–H groups in total. The average Bonchev–Trinajstić information content (AvgIpc) is 2.56. The van der Waals surface area contributed by atoms with Crippen LogP contribution in [0.25, 0.3) is 10.9 Å². The largest absolute Gasteiger partial charge is 0.379 e. The van der Waals surface area contributed by atoms with Crippen LogP contribution in [0, 0.1) is 6.92 Å². The third-order valence-electron chi connectivity index (χ3n) is 4.22. The van der Waals surface area contributed by atoms with Crippen molar-refractivity contribution in [2.24, 2.45) is 0 Å². The first-order valence-corrected chi connectivity index (χ1v) is 9.08. The number of hydrogen-bond acceptors (Lipinski definition) is 4. The highest BCUT2D eigenvalue weighted by Crippen LogP contribution is 2.27. The molecule has 1 aliphatic rings. The number of pyridine rings is 1. The van der Waals surface area contributed by atoms with E-state index in [0.29, 0.717) is 0 Å². The Hall–Kier alpha value is -1.10. The molecule has 0 spiro atoms. The lowest BCUT2D eigenvalue weighted by molar-refractivity contribution is 0.0410. The molecular weight excluding hydrogens is 292 g/mol. The number of fused-ring (bicyclic) bond motifs is 1. The van der Waals surface area contributed by atoms with E-state index in [1.54, 1.807) is 0 Å². The monoisotopic (exact) mass is 316 g/mol. The second kappa shape index (κ2) is 7.44. The van der Waals surface area contributed by atoms with E-state index < -0.39 is 0 Å². The number of rotatable bonds is 5. The molecule has 1 aromatic heterocycles. The molecule has 0 radical (unpaired) electrons. The fraction of sp³-hybridized carbons (Fsp3) is 0.500. The Morgan fingerprint density at radius 1 is 1.27 bits per heavy atom. The Labute approximate surface area is 137 Å². The highest BCUT2D eigenvalue weighted by atomic mass is 32.2. The molecular formula is C18H24N2OS. The average molecular weight is 316 g/mol. The Bertz CT molecular complexity index is 638. The van der Waals surface area contributed by atoms with Gasteiger partial charge in [-0.25, -0.2) is 4.98 Å². The summed E-state index contributed by atoms with van der Waals surface area (Å²) in [6.45, 7) is 9.34. The minimum absolute atomic E-state index is 0.873. The molecule has 1 fully saturated rings. The number of nitrogens with zero attached hydrogens (tertiary/aromatic N) is 2. The summed E-state index contributed by atoms with van der Waals surface area (Å²) in [6.07, 6.45) is 1.04. The van der Waals surface area contributed by atoms with Crippen molar-refractivity contribution in [3.8, 4) is 0 Å². The predicted molar refractivity (Wildman–Crippen MR) is 93.8 cm³/mol. The number of morpholine rings is 1. The van der Waals surface area contributed by atoms with Crippen LogP contribution in [0.5, 0.6) is 0 Å². The summed E-state index contributed by atoms with van der Waals surface area (Å²) in [6, 6.07) is 8.73. The molecule has 0 amide bonds. The quantitative estimate of drug-likeness (QED) is 0.788. The first kappa shape index (κ1) is 15.8. The van der Waals surface area contributed by atoms with E-state index in [-0.39, 0.29) is 0 Å². The van der Waals surface area contributed by atoms with E-state index in [1.165, 1.54) is 21.5 Å². The van der Waals surface area contributed by atoms with E-state index in [4.69, 9.17) is 9.72 Å². The molecule has 0 unspecified atom stereocenters. The standard InChI is InChI=1S/C18H24N2OS/c1-3-15-13-16-6-4-5-14(2)17(16)19-18(15)22-12-9-20-7-10-21-11-8-20/h4-6,13H,3,7-12H2,1-2H3. The maximum atomic E-state index is 5.40. The van der Waals surface area contributed by atoms with E-state index in [0.717, 1.165) is 50.5 Å². The smallest absolute Gasteiger partial charge is 0.1000 e. The van der Waals surface area contributed by atoms with Crippen molar-refractivity contribution in [3.63, 3.8) is 0 Å². The molecule has 3 nitrogen and oxygen atoms in total. The van der Waals surface area contributed by atoms with Crippen LogP contribution in [-0.4, -0.2) is 48.5 Å². The third-order valence-corrected chi connectivity index (χ3v) is 5.23. The summed E-state index contributed by atoms with van der Waals surface area (Å²) in [5.41, 5.74) is 3.77. The van der Waals surface area contributed by atoms with Gasteiger partial charge < -0.3 is 4.74 Å². The van der Waals surface area contributed by atoms with Crippen LogP contribution in [0.15, 0.2) is 29.3 Å². The van der Waals surface area contributed by atoms with Gasteiger partial charge in [0.25, 0.3) is 0 Å². The lowest BCUT2D eigenvalue weighted by atomic mass is 10.1. The van der Waals surface area contributed by atoms with Crippen LogP contribution < -0.4 is 0 Å². The van der Waals surface area contributed by atoms with Crippen LogP contribution in [0.4, 0.5) is 0 Å². The van der Waals surface area contributed by atoms with Gasteiger partial charge in [0.2, 0.25) is 0 Å². The second-order valence-corrected chi connectivity index (χ2v) is 6.84. The molecule has 1 aliphatic heterocycles. The second-order valence-electron chi connectivity index (χ2n) is 5.76. The zero-order valence-corrected chi connectivity index (χ0v) is 14.3. The number of aryl methyl sites for hydroxylation is 2. The fourth-order valence-corrected chi connectivity index (χ4v) is 3.94. The molecule has 22 heavy (non-hydrogen) atoms. The number of hydrogen-bond donors (Lipinski definition) is 0. The number of aromatic nitrogens is 1. The van der Waals surface area contributed by atoms with Crippen LogP contribution in [0.3, 0.4) is 0 Å². The van der Waals surface area contributed by atoms with E-state index in [9.17, 15) is 0 Å². The van der Waals surface area contributed by atoms with E-state index in [2.05, 4.69) is 43.0 Å². The first-order chi connectivity index (χ1) is 10.8. The maximum absolute atomic E-state index is 5.40. The van der Waals surface area contributed by atoms with Crippen molar-refractivity contribution in [1.29, 1.82) is 0 Å². The van der Waals surface area contributed by atoms with Crippen LogP contribution >= 0.6 is 11.8 Å². The summed E-state index contributed by atoms with van der Waals surface area (Å²) < 4.78 is 5.40. The fourth-order valence-electron chi connectivity index (χ4n) is 2.85.